The van der Waals surface area contributed by atoms with Crippen LogP contribution in [0.2, 0.25) is 0 Å². The second-order valence-electron chi connectivity index (χ2n) is 11.5. The lowest BCUT2D eigenvalue weighted by atomic mass is 9.87. The molecule has 5 rings (SSSR count). The van der Waals surface area contributed by atoms with Crippen molar-refractivity contribution in [1.29, 1.82) is 5.26 Å². The fourth-order valence-corrected chi connectivity index (χ4v) is 5.64. The molecule has 37 heavy (non-hydrogen) atoms. The van der Waals surface area contributed by atoms with Gasteiger partial charge in [0.1, 0.15) is 12.1 Å². The SMILES string of the molecule is CC(C)(C)c1ccc(N(C(=O)[C@H]2[C@H]3CC3=CN2C#N)C(C(=O)NC2CCCCC2)c2cccnc2)cc1. The summed E-state index contributed by atoms with van der Waals surface area (Å²) >= 11 is 0. The molecule has 1 aromatic carbocycles. The van der Waals surface area contributed by atoms with Crippen molar-refractivity contribution in [2.24, 2.45) is 5.92 Å². The first-order valence-electron chi connectivity index (χ1n) is 13.3. The van der Waals surface area contributed by atoms with Gasteiger partial charge in [-0.3, -0.25) is 24.4 Å². The molecule has 1 unspecified atom stereocenters. The highest BCUT2D eigenvalue weighted by Gasteiger charge is 2.52. The summed E-state index contributed by atoms with van der Waals surface area (Å²) in [4.78, 5) is 35.7. The van der Waals surface area contributed by atoms with E-state index in [1.54, 1.807) is 29.6 Å². The molecule has 1 N–H and O–H groups in total. The lowest BCUT2D eigenvalue weighted by Crippen LogP contribution is -2.52. The zero-order valence-corrected chi connectivity index (χ0v) is 21.9. The summed E-state index contributed by atoms with van der Waals surface area (Å²) in [6.45, 7) is 6.43. The van der Waals surface area contributed by atoms with Gasteiger partial charge in [0.05, 0.1) is 0 Å². The third-order valence-electron chi connectivity index (χ3n) is 7.83. The van der Waals surface area contributed by atoms with Crippen LogP contribution in [0.3, 0.4) is 0 Å². The number of anilines is 1. The third-order valence-corrected chi connectivity index (χ3v) is 7.83. The Hall–Kier alpha value is -3.66. The molecule has 2 amide bonds. The predicted molar refractivity (Wildman–Crippen MR) is 142 cm³/mol. The minimum Gasteiger partial charge on any atom is -0.351 e. The number of benzene rings is 1. The molecule has 3 aliphatic rings. The maximum atomic E-state index is 14.3. The van der Waals surface area contributed by atoms with E-state index in [1.165, 1.54) is 11.3 Å². The monoisotopic (exact) mass is 497 g/mol. The molecule has 7 heteroatoms. The van der Waals surface area contributed by atoms with Gasteiger partial charge in [-0.05, 0) is 54.0 Å². The number of rotatable bonds is 6. The molecule has 1 aliphatic heterocycles. The fraction of sp³-hybridized carbons (Fsp3) is 0.467. The Morgan fingerprint density at radius 2 is 1.86 bits per heavy atom. The van der Waals surface area contributed by atoms with E-state index in [0.717, 1.165) is 43.2 Å². The van der Waals surface area contributed by atoms with Crippen molar-refractivity contribution in [2.75, 3.05) is 4.90 Å². The van der Waals surface area contributed by atoms with Gasteiger partial charge in [-0.1, -0.05) is 58.2 Å². The van der Waals surface area contributed by atoms with Crippen LogP contribution in [-0.4, -0.2) is 33.8 Å². The zero-order chi connectivity index (χ0) is 26.2. The molecule has 2 fully saturated rings. The Labute approximate surface area is 219 Å². The van der Waals surface area contributed by atoms with Crippen molar-refractivity contribution in [3.05, 3.63) is 71.7 Å². The Kier molecular flexibility index (Phi) is 6.76. The van der Waals surface area contributed by atoms with Crippen molar-refractivity contribution in [2.45, 2.75) is 82.8 Å². The highest BCUT2D eigenvalue weighted by molar-refractivity contribution is 6.04. The molecule has 0 spiro atoms. The van der Waals surface area contributed by atoms with Crippen molar-refractivity contribution < 1.29 is 9.59 Å². The van der Waals surface area contributed by atoms with Crippen LogP contribution < -0.4 is 10.2 Å². The van der Waals surface area contributed by atoms with Crippen LogP contribution in [0.15, 0.2) is 60.6 Å². The topological polar surface area (TPSA) is 89.3 Å². The number of carbonyl (C=O) groups is 2. The van der Waals surface area contributed by atoms with Gasteiger partial charge in [0.25, 0.3) is 5.91 Å². The Balaban J connectivity index is 1.57. The maximum Gasteiger partial charge on any atom is 0.252 e. The van der Waals surface area contributed by atoms with Gasteiger partial charge in [0.2, 0.25) is 5.91 Å². The number of carbonyl (C=O) groups excluding carboxylic acids is 2. The van der Waals surface area contributed by atoms with Gasteiger partial charge in [-0.25, -0.2) is 0 Å². The van der Waals surface area contributed by atoms with E-state index in [4.69, 9.17) is 0 Å². The number of fused-ring (bicyclic) bond motifs is 1. The molecule has 2 saturated carbocycles. The van der Waals surface area contributed by atoms with Gasteiger partial charge in [0, 0.05) is 41.8 Å². The number of nitrogens with zero attached hydrogens (tertiary/aromatic N) is 4. The van der Waals surface area contributed by atoms with Crippen molar-refractivity contribution in [1.82, 2.24) is 15.2 Å². The van der Waals surface area contributed by atoms with E-state index in [2.05, 4.69) is 37.3 Å². The zero-order valence-electron chi connectivity index (χ0n) is 21.9. The van der Waals surface area contributed by atoms with Gasteiger partial charge in [-0.15, -0.1) is 0 Å². The number of aromatic nitrogens is 1. The van der Waals surface area contributed by atoms with E-state index in [-0.39, 0.29) is 29.2 Å². The molecule has 2 heterocycles. The minimum atomic E-state index is -0.896. The molecule has 0 bridgehead atoms. The van der Waals surface area contributed by atoms with Gasteiger partial charge in [-0.2, -0.15) is 5.26 Å². The first kappa shape index (κ1) is 25.0. The molecule has 0 saturated heterocycles. The number of hydrogen-bond acceptors (Lipinski definition) is 5. The van der Waals surface area contributed by atoms with Crippen LogP contribution in [0, 0.1) is 17.4 Å². The van der Waals surface area contributed by atoms with Crippen LogP contribution in [0.25, 0.3) is 0 Å². The quantitative estimate of drug-likeness (QED) is 0.569. The normalized spacial score (nSPS) is 21.9. The molecule has 1 aromatic heterocycles. The van der Waals surface area contributed by atoms with E-state index in [9.17, 15) is 14.9 Å². The smallest absolute Gasteiger partial charge is 0.252 e. The van der Waals surface area contributed by atoms with Crippen LogP contribution in [0.1, 0.15) is 76.5 Å². The molecular weight excluding hydrogens is 462 g/mol. The van der Waals surface area contributed by atoms with Crippen LogP contribution >= 0.6 is 0 Å². The van der Waals surface area contributed by atoms with Gasteiger partial charge in [0.15, 0.2) is 6.19 Å². The summed E-state index contributed by atoms with van der Waals surface area (Å²) in [7, 11) is 0. The van der Waals surface area contributed by atoms with Gasteiger partial charge >= 0.3 is 0 Å². The molecule has 7 nitrogen and oxygen atoms in total. The lowest BCUT2D eigenvalue weighted by Gasteiger charge is -2.36. The number of nitriles is 1. The van der Waals surface area contributed by atoms with Crippen LogP contribution in [0.5, 0.6) is 0 Å². The molecule has 192 valence electrons. The first-order chi connectivity index (χ1) is 17.8. The summed E-state index contributed by atoms with van der Waals surface area (Å²) in [5, 5.41) is 13.0. The molecule has 2 aromatic rings. The molecular formula is C30H35N5O2. The van der Waals surface area contributed by atoms with Crippen molar-refractivity contribution >= 4 is 17.5 Å². The minimum absolute atomic E-state index is 0.0273. The maximum absolute atomic E-state index is 14.3. The Bertz CT molecular complexity index is 1220. The summed E-state index contributed by atoms with van der Waals surface area (Å²) < 4.78 is 0. The lowest BCUT2D eigenvalue weighted by molar-refractivity contribution is -0.129. The van der Waals surface area contributed by atoms with Crippen LogP contribution in [0.4, 0.5) is 5.69 Å². The van der Waals surface area contributed by atoms with Gasteiger partial charge < -0.3 is 5.32 Å². The second kappa shape index (κ2) is 10.0. The van der Waals surface area contributed by atoms with E-state index in [0.29, 0.717) is 11.3 Å². The Morgan fingerprint density at radius 3 is 2.49 bits per heavy atom. The summed E-state index contributed by atoms with van der Waals surface area (Å²) in [6, 6.07) is 10.1. The number of hydrogen-bond donors (Lipinski definition) is 1. The van der Waals surface area contributed by atoms with E-state index >= 15 is 0 Å². The summed E-state index contributed by atoms with van der Waals surface area (Å²) in [5.74, 6) is -0.426. The van der Waals surface area contributed by atoms with Crippen molar-refractivity contribution in [3.8, 4) is 6.19 Å². The van der Waals surface area contributed by atoms with Crippen molar-refractivity contribution in [3.63, 3.8) is 0 Å². The average Bonchev–Trinajstić information content (AvgIpc) is 3.56. The third kappa shape index (κ3) is 5.11. The number of pyridine rings is 1. The highest BCUT2D eigenvalue weighted by atomic mass is 16.2. The summed E-state index contributed by atoms with van der Waals surface area (Å²) in [6.07, 6.45) is 13.3. The fourth-order valence-electron chi connectivity index (χ4n) is 5.64. The Morgan fingerprint density at radius 1 is 1.14 bits per heavy atom. The number of nitrogens with one attached hydrogen (secondary N) is 1. The molecule has 3 atom stereocenters. The largest absolute Gasteiger partial charge is 0.351 e. The highest BCUT2D eigenvalue weighted by Crippen LogP contribution is 2.49. The number of amides is 2. The van der Waals surface area contributed by atoms with E-state index < -0.39 is 12.1 Å². The van der Waals surface area contributed by atoms with E-state index in [1.807, 2.05) is 30.3 Å². The standard InChI is InChI=1S/C30H35N5O2/c1-30(2,3)22-11-13-24(14-12-22)35(29(37)27-25-16-21(25)18-34(27)19-31)26(20-8-7-15-32-17-20)28(36)33-23-9-5-4-6-10-23/h7-8,11-15,17-18,23,25-27H,4-6,9-10,16H2,1-3H3,(H,33,36)/t25-,26?,27+/m0/s1. The predicted octanol–water partition coefficient (Wildman–Crippen LogP) is 4.97. The summed E-state index contributed by atoms with van der Waals surface area (Å²) in [5.41, 5.74) is 3.49. The van der Waals surface area contributed by atoms with Crippen LogP contribution in [-0.2, 0) is 15.0 Å². The molecule has 0 radical (unpaired) electrons. The first-order valence-corrected chi connectivity index (χ1v) is 13.3. The second-order valence-corrected chi connectivity index (χ2v) is 11.5. The molecule has 2 aliphatic carbocycles. The average molecular weight is 498 g/mol.